The molecule has 0 bridgehead atoms. The lowest BCUT2D eigenvalue weighted by Gasteiger charge is -2.35. The SMILES string of the molecule is Cc1ccc(S(N)(=O)=O)cc1C(=O)NCC(CC(C)C)N1CCOCC1. The summed E-state index contributed by atoms with van der Waals surface area (Å²) in [6.45, 7) is 9.73. The lowest BCUT2D eigenvalue weighted by molar-refractivity contribution is 0.0124. The molecule has 1 amide bonds. The molecule has 1 aromatic carbocycles. The summed E-state index contributed by atoms with van der Waals surface area (Å²) in [5.74, 6) is 0.224. The van der Waals surface area contributed by atoms with E-state index < -0.39 is 10.0 Å². The Morgan fingerprint density at radius 3 is 2.54 bits per heavy atom. The maximum absolute atomic E-state index is 12.6. The Kier molecular flexibility index (Phi) is 7.16. The smallest absolute Gasteiger partial charge is 0.251 e. The summed E-state index contributed by atoms with van der Waals surface area (Å²) in [5.41, 5.74) is 1.04. The molecular weight excluding hydrogens is 354 g/mol. The molecule has 146 valence electrons. The van der Waals surface area contributed by atoms with Crippen molar-refractivity contribution < 1.29 is 17.9 Å². The number of nitrogens with one attached hydrogen (secondary N) is 1. The molecule has 1 saturated heterocycles. The molecule has 1 heterocycles. The number of rotatable bonds is 7. The van der Waals surface area contributed by atoms with Crippen LogP contribution in [0.1, 0.15) is 36.2 Å². The normalized spacial score (nSPS) is 17.3. The van der Waals surface area contributed by atoms with Gasteiger partial charge in [-0.05, 0) is 37.0 Å². The van der Waals surface area contributed by atoms with Crippen molar-refractivity contribution in [3.63, 3.8) is 0 Å². The van der Waals surface area contributed by atoms with Crippen molar-refractivity contribution in [1.29, 1.82) is 0 Å². The van der Waals surface area contributed by atoms with E-state index in [0.717, 1.165) is 19.5 Å². The number of hydrogen-bond donors (Lipinski definition) is 2. The summed E-state index contributed by atoms with van der Waals surface area (Å²) in [7, 11) is -3.84. The van der Waals surface area contributed by atoms with Gasteiger partial charge in [0.1, 0.15) is 0 Å². The molecular formula is C18H29N3O4S. The molecule has 0 saturated carbocycles. The fourth-order valence-electron chi connectivity index (χ4n) is 3.18. The Bertz CT molecular complexity index is 728. The monoisotopic (exact) mass is 383 g/mol. The van der Waals surface area contributed by atoms with E-state index in [1.54, 1.807) is 13.0 Å². The van der Waals surface area contributed by atoms with Gasteiger partial charge in [0, 0.05) is 31.2 Å². The number of nitrogens with zero attached hydrogens (tertiary/aromatic N) is 1. The minimum Gasteiger partial charge on any atom is -0.379 e. The van der Waals surface area contributed by atoms with Crippen molar-refractivity contribution in [1.82, 2.24) is 10.2 Å². The second kappa shape index (κ2) is 8.94. The average Bonchev–Trinajstić information content (AvgIpc) is 2.58. The molecule has 0 aromatic heterocycles. The van der Waals surface area contributed by atoms with Crippen LogP contribution in [0.25, 0.3) is 0 Å². The second-order valence-corrected chi connectivity index (χ2v) is 8.72. The predicted molar refractivity (Wildman–Crippen MR) is 101 cm³/mol. The number of carbonyl (C=O) groups excluding carboxylic acids is 1. The highest BCUT2D eigenvalue weighted by Gasteiger charge is 2.23. The van der Waals surface area contributed by atoms with E-state index in [-0.39, 0.29) is 16.8 Å². The Balaban J connectivity index is 2.09. The Labute approximate surface area is 155 Å². The molecule has 1 fully saturated rings. The number of benzene rings is 1. The number of hydrogen-bond acceptors (Lipinski definition) is 5. The summed E-state index contributed by atoms with van der Waals surface area (Å²) in [6, 6.07) is 4.58. The fraction of sp³-hybridized carbons (Fsp3) is 0.611. The van der Waals surface area contributed by atoms with Crippen LogP contribution >= 0.6 is 0 Å². The average molecular weight is 384 g/mol. The van der Waals surface area contributed by atoms with E-state index in [1.165, 1.54) is 12.1 Å². The maximum Gasteiger partial charge on any atom is 0.251 e. The highest BCUT2D eigenvalue weighted by atomic mass is 32.2. The molecule has 1 unspecified atom stereocenters. The molecule has 0 radical (unpaired) electrons. The first kappa shape index (κ1) is 20.8. The molecule has 1 aliphatic rings. The van der Waals surface area contributed by atoms with E-state index in [2.05, 4.69) is 24.1 Å². The quantitative estimate of drug-likeness (QED) is 0.735. The van der Waals surface area contributed by atoms with Gasteiger partial charge in [-0.15, -0.1) is 0 Å². The van der Waals surface area contributed by atoms with Gasteiger partial charge in [0.25, 0.3) is 5.91 Å². The second-order valence-electron chi connectivity index (χ2n) is 7.16. The van der Waals surface area contributed by atoms with Gasteiger partial charge in [0.2, 0.25) is 10.0 Å². The van der Waals surface area contributed by atoms with Crippen molar-refractivity contribution in [2.45, 2.75) is 38.1 Å². The summed E-state index contributed by atoms with van der Waals surface area (Å²) >= 11 is 0. The lowest BCUT2D eigenvalue weighted by atomic mass is 10.0. The zero-order valence-electron chi connectivity index (χ0n) is 15.7. The van der Waals surface area contributed by atoms with Gasteiger partial charge >= 0.3 is 0 Å². The zero-order valence-corrected chi connectivity index (χ0v) is 16.5. The number of carbonyl (C=O) groups is 1. The topological polar surface area (TPSA) is 102 Å². The number of amides is 1. The highest BCUT2D eigenvalue weighted by molar-refractivity contribution is 7.89. The van der Waals surface area contributed by atoms with Crippen LogP contribution < -0.4 is 10.5 Å². The summed E-state index contributed by atoms with van der Waals surface area (Å²) in [5, 5.41) is 8.14. The first-order valence-corrected chi connectivity index (χ1v) is 10.5. The molecule has 1 aromatic rings. The number of sulfonamides is 1. The first-order chi connectivity index (χ1) is 12.2. The van der Waals surface area contributed by atoms with Crippen molar-refractivity contribution in [2.24, 2.45) is 11.1 Å². The van der Waals surface area contributed by atoms with Gasteiger partial charge < -0.3 is 10.1 Å². The molecule has 7 nitrogen and oxygen atoms in total. The molecule has 1 atom stereocenters. The Morgan fingerprint density at radius 2 is 1.96 bits per heavy atom. The van der Waals surface area contributed by atoms with Crippen molar-refractivity contribution in [2.75, 3.05) is 32.8 Å². The van der Waals surface area contributed by atoms with E-state index >= 15 is 0 Å². The van der Waals surface area contributed by atoms with Crippen molar-refractivity contribution >= 4 is 15.9 Å². The standard InChI is InChI=1S/C18H29N3O4S/c1-13(2)10-15(21-6-8-25-9-7-21)12-20-18(22)17-11-16(26(19,23)24)5-4-14(17)3/h4-5,11,13,15H,6-10,12H2,1-3H3,(H,20,22)(H2,19,23,24). The Hall–Kier alpha value is -1.48. The van der Waals surface area contributed by atoms with Gasteiger partial charge in [-0.3, -0.25) is 9.69 Å². The highest BCUT2D eigenvalue weighted by Crippen LogP contribution is 2.16. The van der Waals surface area contributed by atoms with Gasteiger partial charge in [-0.25, -0.2) is 13.6 Å². The summed E-state index contributed by atoms with van der Waals surface area (Å²) in [6.07, 6.45) is 0.969. The minimum absolute atomic E-state index is 0.0554. The van der Waals surface area contributed by atoms with Crippen LogP contribution in [-0.2, 0) is 14.8 Å². The van der Waals surface area contributed by atoms with Crippen LogP contribution in [0.3, 0.4) is 0 Å². The van der Waals surface area contributed by atoms with Gasteiger partial charge in [-0.2, -0.15) is 0 Å². The van der Waals surface area contributed by atoms with Gasteiger partial charge in [-0.1, -0.05) is 19.9 Å². The van der Waals surface area contributed by atoms with Crippen LogP contribution in [0.4, 0.5) is 0 Å². The third kappa shape index (κ3) is 5.77. The van der Waals surface area contributed by atoms with E-state index in [1.807, 2.05) is 0 Å². The third-order valence-electron chi connectivity index (χ3n) is 4.59. The molecule has 2 rings (SSSR count). The first-order valence-electron chi connectivity index (χ1n) is 8.92. The summed E-state index contributed by atoms with van der Waals surface area (Å²) < 4.78 is 28.5. The van der Waals surface area contributed by atoms with Crippen LogP contribution in [0.15, 0.2) is 23.1 Å². The fourth-order valence-corrected chi connectivity index (χ4v) is 3.72. The lowest BCUT2D eigenvalue weighted by Crippen LogP contribution is -2.49. The van der Waals surface area contributed by atoms with Crippen molar-refractivity contribution in [3.8, 4) is 0 Å². The number of nitrogens with two attached hydrogens (primary N) is 1. The van der Waals surface area contributed by atoms with Crippen LogP contribution in [-0.4, -0.2) is 58.1 Å². The van der Waals surface area contributed by atoms with E-state index in [4.69, 9.17) is 9.88 Å². The molecule has 26 heavy (non-hydrogen) atoms. The van der Waals surface area contributed by atoms with Crippen LogP contribution in [0.5, 0.6) is 0 Å². The van der Waals surface area contributed by atoms with Crippen LogP contribution in [0.2, 0.25) is 0 Å². The van der Waals surface area contributed by atoms with Gasteiger partial charge in [0.05, 0.1) is 18.1 Å². The third-order valence-corrected chi connectivity index (χ3v) is 5.50. The Morgan fingerprint density at radius 1 is 1.31 bits per heavy atom. The number of ether oxygens (including phenoxy) is 1. The molecule has 8 heteroatoms. The minimum atomic E-state index is -3.84. The summed E-state index contributed by atoms with van der Waals surface area (Å²) in [4.78, 5) is 14.9. The number of aryl methyl sites for hydroxylation is 1. The predicted octanol–water partition coefficient (Wildman–Crippen LogP) is 1.12. The van der Waals surface area contributed by atoms with Crippen molar-refractivity contribution in [3.05, 3.63) is 29.3 Å². The largest absolute Gasteiger partial charge is 0.379 e. The molecule has 0 spiro atoms. The van der Waals surface area contributed by atoms with E-state index in [9.17, 15) is 13.2 Å². The molecule has 3 N–H and O–H groups in total. The molecule has 1 aliphatic heterocycles. The zero-order chi connectivity index (χ0) is 19.3. The number of morpholine rings is 1. The van der Waals surface area contributed by atoms with Gasteiger partial charge in [0.15, 0.2) is 0 Å². The van der Waals surface area contributed by atoms with E-state index in [0.29, 0.717) is 36.8 Å². The van der Waals surface area contributed by atoms with Crippen LogP contribution in [0, 0.1) is 12.8 Å². The molecule has 0 aliphatic carbocycles. The maximum atomic E-state index is 12.6. The number of primary sulfonamides is 1.